The van der Waals surface area contributed by atoms with E-state index in [1.54, 1.807) is 12.4 Å². The summed E-state index contributed by atoms with van der Waals surface area (Å²) in [5, 5.41) is 16.5. The second-order valence-corrected chi connectivity index (χ2v) is 9.73. The molecule has 2 aromatic heterocycles. The van der Waals surface area contributed by atoms with Gasteiger partial charge >= 0.3 is 0 Å². The van der Waals surface area contributed by atoms with Crippen LogP contribution in [0.4, 0.5) is 10.7 Å². The van der Waals surface area contributed by atoms with E-state index in [-0.39, 0.29) is 29.9 Å². The molecule has 1 aromatic carbocycles. The summed E-state index contributed by atoms with van der Waals surface area (Å²) in [6.07, 6.45) is 4.54. The van der Waals surface area contributed by atoms with Gasteiger partial charge in [-0.15, -0.1) is 11.3 Å². The highest BCUT2D eigenvalue weighted by molar-refractivity contribution is 7.17. The van der Waals surface area contributed by atoms with Gasteiger partial charge in [0.25, 0.3) is 0 Å². The number of hydrogen-bond acceptors (Lipinski definition) is 7. The van der Waals surface area contributed by atoms with Crippen molar-refractivity contribution in [1.82, 2.24) is 4.98 Å². The van der Waals surface area contributed by atoms with Crippen molar-refractivity contribution >= 4 is 33.7 Å². The summed E-state index contributed by atoms with van der Waals surface area (Å²) in [6.45, 7) is 4.94. The van der Waals surface area contributed by atoms with Gasteiger partial charge in [0.1, 0.15) is 28.2 Å². The minimum absolute atomic E-state index is 0.0505. The molecular weight excluding hydrogens is 460 g/mol. The topological polar surface area (TPSA) is 104 Å². The molecule has 0 fully saturated rings. The third-order valence-corrected chi connectivity index (χ3v) is 7.23. The van der Waals surface area contributed by atoms with E-state index in [0.29, 0.717) is 36.6 Å². The molecule has 1 aliphatic rings. The fourth-order valence-electron chi connectivity index (χ4n) is 4.34. The van der Waals surface area contributed by atoms with Crippen molar-refractivity contribution in [2.24, 2.45) is 5.92 Å². The van der Waals surface area contributed by atoms with Gasteiger partial charge in [0.15, 0.2) is 0 Å². The van der Waals surface area contributed by atoms with Gasteiger partial charge in [-0.05, 0) is 42.5 Å². The molecule has 0 spiro atoms. The minimum Gasteiger partial charge on any atom is -0.494 e. The molecule has 3 heterocycles. The lowest BCUT2D eigenvalue weighted by Gasteiger charge is -2.22. The molecule has 7 nitrogen and oxygen atoms in total. The lowest BCUT2D eigenvalue weighted by Crippen LogP contribution is -2.30. The maximum atomic E-state index is 12.9. The first-order valence-electron chi connectivity index (χ1n) is 11.7. The smallest absolute Gasteiger partial charge is 0.225 e. The zero-order valence-electron chi connectivity index (χ0n) is 19.8. The average molecular weight is 489 g/mol. The van der Waals surface area contributed by atoms with Gasteiger partial charge in [-0.3, -0.25) is 14.6 Å². The van der Waals surface area contributed by atoms with E-state index in [2.05, 4.69) is 21.7 Å². The third kappa shape index (κ3) is 5.69. The highest BCUT2D eigenvalue weighted by atomic mass is 32.1. The lowest BCUT2D eigenvalue weighted by molar-refractivity contribution is -0.122. The number of hydrogen-bond donors (Lipinski definition) is 2. The number of benzene rings is 1. The largest absolute Gasteiger partial charge is 0.494 e. The van der Waals surface area contributed by atoms with E-state index in [9.17, 15) is 14.9 Å². The Balaban J connectivity index is 1.43. The maximum Gasteiger partial charge on any atom is 0.225 e. The molecule has 0 saturated heterocycles. The van der Waals surface area contributed by atoms with Gasteiger partial charge in [-0.1, -0.05) is 31.2 Å². The number of fused-ring (bicyclic) bond motifs is 1. The molecule has 4 rings (SSSR count). The predicted octanol–water partition coefficient (Wildman–Crippen LogP) is 4.94. The summed E-state index contributed by atoms with van der Waals surface area (Å²) in [5.74, 6) is 0.515. The zero-order valence-corrected chi connectivity index (χ0v) is 20.7. The predicted molar refractivity (Wildman–Crippen MR) is 137 cm³/mol. The summed E-state index contributed by atoms with van der Waals surface area (Å²) < 4.78 is 5.70. The highest BCUT2D eigenvalue weighted by Gasteiger charge is 2.30. The van der Waals surface area contributed by atoms with Crippen LogP contribution in [0.1, 0.15) is 47.8 Å². The van der Waals surface area contributed by atoms with Crippen LogP contribution in [0.5, 0.6) is 5.75 Å². The van der Waals surface area contributed by atoms with Crippen molar-refractivity contribution in [2.75, 3.05) is 23.8 Å². The van der Waals surface area contributed by atoms with E-state index < -0.39 is 0 Å². The Morgan fingerprint density at radius 3 is 2.89 bits per heavy atom. The molecule has 8 heteroatoms. The molecule has 1 amide bonds. The summed E-state index contributed by atoms with van der Waals surface area (Å²) in [7, 11) is 0. The van der Waals surface area contributed by atoms with Gasteiger partial charge < -0.3 is 15.4 Å². The zero-order chi connectivity index (χ0) is 24.8. The third-order valence-electron chi connectivity index (χ3n) is 6.10. The van der Waals surface area contributed by atoms with Gasteiger partial charge in [0, 0.05) is 42.6 Å². The SMILES string of the molecule is CCOc1ccccc1C(C)CC(=O)Nc1sc2c(c1C#N)NCC(C(=O)Cc1cccnc1)C2. The molecule has 180 valence electrons. The fraction of sp³-hybridized carbons (Fsp3) is 0.333. The van der Waals surface area contributed by atoms with Crippen LogP contribution in [-0.2, 0) is 22.4 Å². The molecule has 2 N–H and O–H groups in total. The van der Waals surface area contributed by atoms with Gasteiger partial charge in [-0.25, -0.2) is 0 Å². The molecule has 0 bridgehead atoms. The van der Waals surface area contributed by atoms with Crippen molar-refractivity contribution in [3.63, 3.8) is 0 Å². The van der Waals surface area contributed by atoms with Crippen molar-refractivity contribution in [1.29, 1.82) is 5.26 Å². The number of thiophene rings is 1. The quantitative estimate of drug-likeness (QED) is 0.442. The molecular formula is C27H28N4O3S. The number of ketones is 1. The highest BCUT2D eigenvalue weighted by Crippen LogP contribution is 2.41. The Bertz CT molecular complexity index is 1250. The number of para-hydroxylation sites is 1. The number of ether oxygens (including phenoxy) is 1. The Kier molecular flexibility index (Phi) is 7.78. The van der Waals surface area contributed by atoms with E-state index in [0.717, 1.165) is 27.4 Å². The summed E-state index contributed by atoms with van der Waals surface area (Å²) in [4.78, 5) is 30.7. The number of nitriles is 1. The number of carbonyl (C=O) groups excluding carboxylic acids is 2. The van der Waals surface area contributed by atoms with Crippen LogP contribution in [0, 0.1) is 17.2 Å². The number of nitrogens with zero attached hydrogens (tertiary/aromatic N) is 2. The van der Waals surface area contributed by atoms with E-state index in [1.807, 2.05) is 50.2 Å². The molecule has 0 saturated carbocycles. The average Bonchev–Trinajstić information content (AvgIpc) is 3.20. The standard InChI is InChI=1S/C27H28N4O3S/c1-3-34-23-9-5-4-8-20(23)17(2)11-25(33)31-27-21(14-28)26-24(35-27)13-19(16-30-26)22(32)12-18-7-6-10-29-15-18/h4-10,15,17,19,30H,3,11-13,16H2,1-2H3,(H,31,33). The van der Waals surface area contributed by atoms with Crippen LogP contribution in [0.2, 0.25) is 0 Å². The maximum absolute atomic E-state index is 12.9. The van der Waals surface area contributed by atoms with Crippen LogP contribution in [-0.4, -0.2) is 29.8 Å². The van der Waals surface area contributed by atoms with Gasteiger partial charge in [0.05, 0.1) is 12.3 Å². The second-order valence-electron chi connectivity index (χ2n) is 8.63. The van der Waals surface area contributed by atoms with Crippen LogP contribution in [0.25, 0.3) is 0 Å². The molecule has 1 aliphatic heterocycles. The minimum atomic E-state index is -0.188. The fourth-order valence-corrected chi connectivity index (χ4v) is 5.56. The Labute approximate surface area is 209 Å². The first kappa shape index (κ1) is 24.4. The lowest BCUT2D eigenvalue weighted by atomic mass is 9.91. The Morgan fingerprint density at radius 1 is 1.31 bits per heavy atom. The first-order chi connectivity index (χ1) is 17.0. The van der Waals surface area contributed by atoms with Crippen LogP contribution < -0.4 is 15.4 Å². The number of carbonyl (C=O) groups is 2. The number of Topliss-reactive ketones (excluding diaryl/α,β-unsaturated/α-hetero) is 1. The second kappa shape index (κ2) is 11.2. The van der Waals surface area contributed by atoms with Crippen LogP contribution >= 0.6 is 11.3 Å². The van der Waals surface area contributed by atoms with Crippen LogP contribution in [0.15, 0.2) is 48.8 Å². The monoisotopic (exact) mass is 488 g/mol. The van der Waals surface area contributed by atoms with Gasteiger partial charge in [-0.2, -0.15) is 5.26 Å². The molecule has 2 atom stereocenters. The van der Waals surface area contributed by atoms with E-state index >= 15 is 0 Å². The number of nitrogens with one attached hydrogen (secondary N) is 2. The number of aromatic nitrogens is 1. The van der Waals surface area contributed by atoms with E-state index in [4.69, 9.17) is 4.74 Å². The van der Waals surface area contributed by atoms with E-state index in [1.165, 1.54) is 11.3 Å². The summed E-state index contributed by atoms with van der Waals surface area (Å²) >= 11 is 1.37. The molecule has 0 radical (unpaired) electrons. The summed E-state index contributed by atoms with van der Waals surface area (Å²) in [5.41, 5.74) is 3.03. The molecule has 3 aromatic rings. The first-order valence-corrected chi connectivity index (χ1v) is 12.5. The van der Waals surface area contributed by atoms with Crippen molar-refractivity contribution < 1.29 is 14.3 Å². The van der Waals surface area contributed by atoms with Crippen molar-refractivity contribution in [3.8, 4) is 11.8 Å². The van der Waals surface area contributed by atoms with Crippen molar-refractivity contribution in [2.45, 2.75) is 39.0 Å². The number of anilines is 2. The van der Waals surface area contributed by atoms with Crippen LogP contribution in [0.3, 0.4) is 0 Å². The van der Waals surface area contributed by atoms with Crippen molar-refractivity contribution in [3.05, 3.63) is 70.4 Å². The summed E-state index contributed by atoms with van der Waals surface area (Å²) in [6, 6.07) is 13.7. The molecule has 0 aliphatic carbocycles. The normalized spacial score (nSPS) is 15.3. The molecule has 35 heavy (non-hydrogen) atoms. The van der Waals surface area contributed by atoms with Gasteiger partial charge in [0.2, 0.25) is 5.91 Å². The number of pyridine rings is 1. The Morgan fingerprint density at radius 2 is 2.14 bits per heavy atom. The molecule has 2 unspecified atom stereocenters. The Hall–Kier alpha value is -3.70. The number of rotatable bonds is 9. The number of amides is 1.